The highest BCUT2D eigenvalue weighted by Gasteiger charge is 2.15. The van der Waals surface area contributed by atoms with E-state index in [9.17, 15) is 9.90 Å². The lowest BCUT2D eigenvalue weighted by atomic mass is 10.2. The van der Waals surface area contributed by atoms with Gasteiger partial charge in [0.05, 0.1) is 10.6 Å². The van der Waals surface area contributed by atoms with Crippen molar-refractivity contribution < 1.29 is 9.90 Å². The number of hydrogen-bond acceptors (Lipinski definition) is 4. The highest BCUT2D eigenvalue weighted by Crippen LogP contribution is 2.31. The largest absolute Gasteiger partial charge is 0.506 e. The Balaban J connectivity index is 2.11. The number of nitrogen functional groups attached to an aromatic ring is 1. The molecule has 1 aromatic heterocycles. The van der Waals surface area contributed by atoms with Crippen LogP contribution in [-0.2, 0) is 6.54 Å². The molecule has 7 heteroatoms. The Morgan fingerprint density at radius 1 is 1.35 bits per heavy atom. The number of pyridine rings is 1. The Bertz CT molecular complexity index is 645. The summed E-state index contributed by atoms with van der Waals surface area (Å²) >= 11 is 11.6. The summed E-state index contributed by atoms with van der Waals surface area (Å²) in [7, 11) is 0. The Labute approximate surface area is 125 Å². The minimum Gasteiger partial charge on any atom is -0.506 e. The van der Waals surface area contributed by atoms with Gasteiger partial charge in [-0.25, -0.2) is 4.98 Å². The molecule has 20 heavy (non-hydrogen) atoms. The number of amides is 1. The molecule has 1 heterocycles. The molecular weight excluding hydrogens is 301 g/mol. The van der Waals surface area contributed by atoms with Crippen LogP contribution in [0.5, 0.6) is 5.75 Å². The van der Waals surface area contributed by atoms with Gasteiger partial charge in [-0.15, -0.1) is 0 Å². The van der Waals surface area contributed by atoms with Crippen molar-refractivity contribution >= 4 is 34.9 Å². The molecule has 1 aromatic carbocycles. The van der Waals surface area contributed by atoms with E-state index in [4.69, 9.17) is 28.9 Å². The van der Waals surface area contributed by atoms with E-state index < -0.39 is 5.91 Å². The first kappa shape index (κ1) is 14.4. The molecule has 1 amide bonds. The number of nitrogens with zero attached hydrogens (tertiary/aromatic N) is 1. The molecule has 0 saturated carbocycles. The number of rotatable bonds is 3. The number of anilines is 1. The van der Waals surface area contributed by atoms with Gasteiger partial charge in [0.1, 0.15) is 11.6 Å². The van der Waals surface area contributed by atoms with Crippen molar-refractivity contribution in [3.63, 3.8) is 0 Å². The number of carbonyl (C=O) groups is 1. The van der Waals surface area contributed by atoms with Gasteiger partial charge in [0.2, 0.25) is 0 Å². The van der Waals surface area contributed by atoms with Crippen LogP contribution in [0.4, 0.5) is 5.82 Å². The highest BCUT2D eigenvalue weighted by molar-refractivity contribution is 6.36. The van der Waals surface area contributed by atoms with Crippen LogP contribution in [0.1, 0.15) is 15.9 Å². The van der Waals surface area contributed by atoms with Gasteiger partial charge >= 0.3 is 0 Å². The van der Waals surface area contributed by atoms with E-state index in [2.05, 4.69) is 10.3 Å². The van der Waals surface area contributed by atoms with Crippen molar-refractivity contribution in [2.24, 2.45) is 0 Å². The fourth-order valence-corrected chi connectivity index (χ4v) is 2.05. The molecule has 0 spiro atoms. The fraction of sp³-hybridized carbons (Fsp3) is 0.0769. The first-order valence-corrected chi connectivity index (χ1v) is 6.39. The number of nitrogens with two attached hydrogens (primary N) is 1. The SMILES string of the molecule is Nc1ccc(CNC(=O)c2cc(Cl)cc(Cl)c2O)cn1. The average molecular weight is 312 g/mol. The highest BCUT2D eigenvalue weighted by atomic mass is 35.5. The third-order valence-corrected chi connectivity index (χ3v) is 3.08. The number of phenols is 1. The van der Waals surface area contributed by atoms with Crippen molar-refractivity contribution in [1.29, 1.82) is 0 Å². The molecule has 0 aliphatic carbocycles. The van der Waals surface area contributed by atoms with E-state index in [1.807, 2.05) is 0 Å². The number of benzene rings is 1. The van der Waals surface area contributed by atoms with Crippen LogP contribution >= 0.6 is 23.2 Å². The molecule has 4 N–H and O–H groups in total. The van der Waals surface area contributed by atoms with E-state index in [1.54, 1.807) is 18.3 Å². The minimum atomic E-state index is -0.483. The zero-order valence-corrected chi connectivity index (χ0v) is 11.7. The van der Waals surface area contributed by atoms with E-state index in [1.165, 1.54) is 12.1 Å². The van der Waals surface area contributed by atoms with Crippen LogP contribution in [0.2, 0.25) is 10.0 Å². The lowest BCUT2D eigenvalue weighted by Crippen LogP contribution is -2.23. The van der Waals surface area contributed by atoms with Crippen LogP contribution in [0, 0.1) is 0 Å². The van der Waals surface area contributed by atoms with Crippen LogP contribution in [0.15, 0.2) is 30.5 Å². The fourth-order valence-electron chi connectivity index (χ4n) is 1.56. The van der Waals surface area contributed by atoms with Gasteiger partial charge in [0.15, 0.2) is 0 Å². The lowest BCUT2D eigenvalue weighted by Gasteiger charge is -2.08. The predicted octanol–water partition coefficient (Wildman–Crippen LogP) is 2.61. The van der Waals surface area contributed by atoms with Gasteiger partial charge in [0, 0.05) is 17.8 Å². The first-order valence-electron chi connectivity index (χ1n) is 5.64. The smallest absolute Gasteiger partial charge is 0.255 e. The quantitative estimate of drug-likeness (QED) is 0.813. The van der Waals surface area contributed by atoms with Crippen molar-refractivity contribution in [2.75, 3.05) is 5.73 Å². The van der Waals surface area contributed by atoms with E-state index in [0.29, 0.717) is 5.82 Å². The number of halogens is 2. The maximum absolute atomic E-state index is 12.0. The molecular formula is C13H11Cl2N3O2. The Morgan fingerprint density at radius 3 is 2.75 bits per heavy atom. The zero-order chi connectivity index (χ0) is 14.7. The Hall–Kier alpha value is -1.98. The van der Waals surface area contributed by atoms with Crippen LogP contribution in [-0.4, -0.2) is 16.0 Å². The number of hydrogen-bond donors (Lipinski definition) is 3. The van der Waals surface area contributed by atoms with Gasteiger partial charge in [0.25, 0.3) is 5.91 Å². The van der Waals surface area contributed by atoms with Crippen molar-refractivity contribution in [1.82, 2.24) is 10.3 Å². The van der Waals surface area contributed by atoms with E-state index >= 15 is 0 Å². The standard InChI is InChI=1S/C13H11Cl2N3O2/c14-8-3-9(12(19)10(15)4-8)13(20)18-6-7-1-2-11(16)17-5-7/h1-5,19H,6H2,(H2,16,17)(H,18,20). The number of nitrogens with one attached hydrogen (secondary N) is 1. The van der Waals surface area contributed by atoms with Gasteiger partial charge in [-0.3, -0.25) is 4.79 Å². The summed E-state index contributed by atoms with van der Waals surface area (Å²) in [5.41, 5.74) is 6.26. The summed E-state index contributed by atoms with van der Waals surface area (Å²) in [6.45, 7) is 0.246. The maximum atomic E-state index is 12.0. The van der Waals surface area contributed by atoms with Crippen LogP contribution < -0.4 is 11.1 Å². The second kappa shape index (κ2) is 5.98. The molecule has 104 valence electrons. The van der Waals surface area contributed by atoms with E-state index in [0.717, 1.165) is 5.56 Å². The molecule has 0 unspecified atom stereocenters. The third-order valence-electron chi connectivity index (χ3n) is 2.57. The molecule has 0 bridgehead atoms. The molecule has 5 nitrogen and oxygen atoms in total. The number of phenolic OH excluding ortho intramolecular Hbond substituents is 1. The van der Waals surface area contributed by atoms with Crippen molar-refractivity contribution in [3.8, 4) is 5.75 Å². The summed E-state index contributed by atoms with van der Waals surface area (Å²) in [6.07, 6.45) is 1.56. The zero-order valence-electron chi connectivity index (χ0n) is 10.2. The Morgan fingerprint density at radius 2 is 2.10 bits per heavy atom. The molecule has 0 radical (unpaired) electrons. The topological polar surface area (TPSA) is 88.2 Å². The normalized spacial score (nSPS) is 10.3. The third kappa shape index (κ3) is 3.31. The van der Waals surface area contributed by atoms with Crippen LogP contribution in [0.25, 0.3) is 0 Å². The van der Waals surface area contributed by atoms with E-state index in [-0.39, 0.29) is 27.9 Å². The van der Waals surface area contributed by atoms with Gasteiger partial charge in [-0.1, -0.05) is 29.3 Å². The monoisotopic (exact) mass is 311 g/mol. The second-order valence-electron chi connectivity index (χ2n) is 4.06. The van der Waals surface area contributed by atoms with Gasteiger partial charge < -0.3 is 16.2 Å². The predicted molar refractivity (Wildman–Crippen MR) is 77.9 cm³/mol. The lowest BCUT2D eigenvalue weighted by molar-refractivity contribution is 0.0948. The average Bonchev–Trinajstić information content (AvgIpc) is 2.42. The maximum Gasteiger partial charge on any atom is 0.255 e. The molecule has 0 atom stereocenters. The van der Waals surface area contributed by atoms with Gasteiger partial charge in [-0.2, -0.15) is 0 Å². The molecule has 0 saturated heterocycles. The summed E-state index contributed by atoms with van der Waals surface area (Å²) in [4.78, 5) is 15.9. The number of aromatic hydroxyl groups is 1. The molecule has 2 aromatic rings. The number of carbonyl (C=O) groups excluding carboxylic acids is 1. The summed E-state index contributed by atoms with van der Waals surface area (Å²) in [5, 5.41) is 12.7. The molecule has 0 fully saturated rings. The molecule has 0 aliphatic rings. The summed E-state index contributed by atoms with van der Waals surface area (Å²) in [6, 6.07) is 6.08. The van der Waals surface area contributed by atoms with Crippen molar-refractivity contribution in [3.05, 3.63) is 51.6 Å². The van der Waals surface area contributed by atoms with Crippen molar-refractivity contribution in [2.45, 2.75) is 6.54 Å². The van der Waals surface area contributed by atoms with Crippen LogP contribution in [0.3, 0.4) is 0 Å². The summed E-state index contributed by atoms with van der Waals surface area (Å²) < 4.78 is 0. The minimum absolute atomic E-state index is 0.0194. The Kier molecular flexibility index (Phi) is 4.32. The van der Waals surface area contributed by atoms with Gasteiger partial charge in [-0.05, 0) is 23.8 Å². The molecule has 2 rings (SSSR count). The summed E-state index contributed by atoms with van der Waals surface area (Å²) in [5.74, 6) is -0.382. The second-order valence-corrected chi connectivity index (χ2v) is 4.90. The number of aromatic nitrogens is 1. The molecule has 0 aliphatic heterocycles. The first-order chi connectivity index (χ1) is 9.47.